The number of rotatable bonds is 5. The zero-order chi connectivity index (χ0) is 14.5. The summed E-state index contributed by atoms with van der Waals surface area (Å²) in [6.07, 6.45) is 0. The first kappa shape index (κ1) is 14.3. The van der Waals surface area contributed by atoms with Crippen LogP contribution in [-0.4, -0.2) is 31.7 Å². The van der Waals surface area contributed by atoms with E-state index in [0.29, 0.717) is 17.4 Å². The van der Waals surface area contributed by atoms with Gasteiger partial charge >= 0.3 is 5.97 Å². The molecule has 0 saturated heterocycles. The van der Waals surface area contributed by atoms with Gasteiger partial charge in [0.05, 0.1) is 6.61 Å². The van der Waals surface area contributed by atoms with E-state index in [9.17, 15) is 4.79 Å². The van der Waals surface area contributed by atoms with E-state index in [-0.39, 0.29) is 5.97 Å². The van der Waals surface area contributed by atoms with Gasteiger partial charge in [0.15, 0.2) is 10.8 Å². The molecule has 0 saturated carbocycles. The van der Waals surface area contributed by atoms with Gasteiger partial charge in [-0.3, -0.25) is 0 Å². The standard InChI is InChI=1S/C14H17N3O2S/c1-4-19-13(18)12-9-20-14(16-12)15-10-5-7-11(8-6-10)17(2)3/h5-9H,4H2,1-3H3,(H,15,16). The van der Waals surface area contributed by atoms with E-state index in [1.807, 2.05) is 43.3 Å². The fourth-order valence-electron chi connectivity index (χ4n) is 1.60. The molecule has 0 aliphatic carbocycles. The number of esters is 1. The number of aromatic nitrogens is 1. The molecule has 0 fully saturated rings. The van der Waals surface area contributed by atoms with Gasteiger partial charge in [0.2, 0.25) is 0 Å². The summed E-state index contributed by atoms with van der Waals surface area (Å²) in [6.45, 7) is 2.13. The van der Waals surface area contributed by atoms with Crippen molar-refractivity contribution >= 4 is 33.8 Å². The minimum Gasteiger partial charge on any atom is -0.461 e. The molecule has 0 aliphatic heterocycles. The van der Waals surface area contributed by atoms with Crippen molar-refractivity contribution in [3.63, 3.8) is 0 Å². The van der Waals surface area contributed by atoms with Gasteiger partial charge in [0.25, 0.3) is 0 Å². The lowest BCUT2D eigenvalue weighted by Gasteiger charge is -2.12. The Balaban J connectivity index is 2.05. The molecule has 0 bridgehead atoms. The van der Waals surface area contributed by atoms with Crippen molar-refractivity contribution in [3.8, 4) is 0 Å². The summed E-state index contributed by atoms with van der Waals surface area (Å²) in [5.74, 6) is -0.389. The summed E-state index contributed by atoms with van der Waals surface area (Å²) in [4.78, 5) is 17.8. The topological polar surface area (TPSA) is 54.5 Å². The highest BCUT2D eigenvalue weighted by molar-refractivity contribution is 7.14. The van der Waals surface area contributed by atoms with Crippen molar-refractivity contribution in [2.75, 3.05) is 30.9 Å². The van der Waals surface area contributed by atoms with E-state index < -0.39 is 0 Å². The van der Waals surface area contributed by atoms with Gasteiger partial charge < -0.3 is 15.0 Å². The predicted octanol–water partition coefficient (Wildman–Crippen LogP) is 3.13. The van der Waals surface area contributed by atoms with Gasteiger partial charge in [-0.25, -0.2) is 9.78 Å². The minimum atomic E-state index is -0.389. The molecule has 20 heavy (non-hydrogen) atoms. The molecule has 6 heteroatoms. The summed E-state index contributed by atoms with van der Waals surface area (Å²) < 4.78 is 4.91. The smallest absolute Gasteiger partial charge is 0.357 e. The van der Waals surface area contributed by atoms with E-state index in [2.05, 4.69) is 10.3 Å². The van der Waals surface area contributed by atoms with E-state index in [1.165, 1.54) is 11.3 Å². The number of ether oxygens (including phenoxy) is 1. The zero-order valence-corrected chi connectivity index (χ0v) is 12.5. The Hall–Kier alpha value is -2.08. The first-order valence-electron chi connectivity index (χ1n) is 6.27. The first-order chi connectivity index (χ1) is 9.60. The second kappa shape index (κ2) is 6.38. The van der Waals surface area contributed by atoms with Crippen LogP contribution in [0.15, 0.2) is 29.6 Å². The molecule has 1 aromatic carbocycles. The fourth-order valence-corrected chi connectivity index (χ4v) is 2.30. The Morgan fingerprint density at radius 1 is 1.35 bits per heavy atom. The van der Waals surface area contributed by atoms with Gasteiger partial charge in [0, 0.05) is 30.9 Å². The minimum absolute atomic E-state index is 0.337. The van der Waals surface area contributed by atoms with Crippen LogP contribution in [0.25, 0.3) is 0 Å². The highest BCUT2D eigenvalue weighted by atomic mass is 32.1. The summed E-state index contributed by atoms with van der Waals surface area (Å²) in [5, 5.41) is 5.53. The summed E-state index contributed by atoms with van der Waals surface area (Å²) in [7, 11) is 3.99. The van der Waals surface area contributed by atoms with Crippen LogP contribution < -0.4 is 10.2 Å². The fraction of sp³-hybridized carbons (Fsp3) is 0.286. The van der Waals surface area contributed by atoms with Gasteiger partial charge in [0.1, 0.15) is 0 Å². The van der Waals surface area contributed by atoms with Gasteiger partial charge in [-0.1, -0.05) is 0 Å². The van der Waals surface area contributed by atoms with Crippen molar-refractivity contribution in [1.82, 2.24) is 4.98 Å². The van der Waals surface area contributed by atoms with Crippen LogP contribution in [0, 0.1) is 0 Å². The normalized spacial score (nSPS) is 10.2. The molecule has 1 heterocycles. The van der Waals surface area contributed by atoms with Gasteiger partial charge in [-0.05, 0) is 31.2 Å². The maximum atomic E-state index is 11.5. The highest BCUT2D eigenvalue weighted by Gasteiger charge is 2.11. The molecule has 5 nitrogen and oxygen atoms in total. The lowest BCUT2D eigenvalue weighted by molar-refractivity contribution is 0.0520. The number of nitrogens with one attached hydrogen (secondary N) is 1. The molecule has 1 aromatic heterocycles. The van der Waals surface area contributed by atoms with Crippen molar-refractivity contribution in [2.24, 2.45) is 0 Å². The summed E-state index contributed by atoms with van der Waals surface area (Å²) in [6, 6.07) is 7.98. The van der Waals surface area contributed by atoms with Crippen LogP contribution in [0.2, 0.25) is 0 Å². The molecule has 2 rings (SSSR count). The lowest BCUT2D eigenvalue weighted by atomic mass is 10.2. The van der Waals surface area contributed by atoms with Crippen LogP contribution in [-0.2, 0) is 4.74 Å². The number of hydrogen-bond donors (Lipinski definition) is 1. The number of anilines is 3. The van der Waals surface area contributed by atoms with Gasteiger partial charge in [-0.2, -0.15) is 0 Å². The van der Waals surface area contributed by atoms with Crippen molar-refractivity contribution in [2.45, 2.75) is 6.92 Å². The van der Waals surface area contributed by atoms with Crippen LogP contribution in [0.5, 0.6) is 0 Å². The Kier molecular flexibility index (Phi) is 4.57. The molecule has 0 amide bonds. The number of hydrogen-bond acceptors (Lipinski definition) is 6. The van der Waals surface area contributed by atoms with Crippen molar-refractivity contribution in [3.05, 3.63) is 35.3 Å². The second-order valence-corrected chi connectivity index (χ2v) is 5.18. The Labute approximate surface area is 122 Å². The van der Waals surface area contributed by atoms with Crippen LogP contribution >= 0.6 is 11.3 Å². The van der Waals surface area contributed by atoms with Crippen LogP contribution in [0.3, 0.4) is 0 Å². The van der Waals surface area contributed by atoms with Gasteiger partial charge in [-0.15, -0.1) is 11.3 Å². The molecule has 0 unspecified atom stereocenters. The zero-order valence-electron chi connectivity index (χ0n) is 11.7. The third-order valence-corrected chi connectivity index (χ3v) is 3.38. The van der Waals surface area contributed by atoms with Crippen LogP contribution in [0.4, 0.5) is 16.5 Å². The molecule has 2 aromatic rings. The highest BCUT2D eigenvalue weighted by Crippen LogP contribution is 2.23. The molecule has 0 spiro atoms. The summed E-state index contributed by atoms with van der Waals surface area (Å²) in [5.41, 5.74) is 2.39. The number of carbonyl (C=O) groups excluding carboxylic acids is 1. The third-order valence-electron chi connectivity index (χ3n) is 2.62. The first-order valence-corrected chi connectivity index (χ1v) is 7.15. The molecular weight excluding hydrogens is 274 g/mol. The molecule has 106 valence electrons. The molecule has 1 N–H and O–H groups in total. The average molecular weight is 291 g/mol. The summed E-state index contributed by atoms with van der Waals surface area (Å²) >= 11 is 1.38. The quantitative estimate of drug-likeness (QED) is 0.858. The number of carbonyl (C=O) groups is 1. The van der Waals surface area contributed by atoms with Crippen molar-refractivity contribution < 1.29 is 9.53 Å². The Morgan fingerprint density at radius 2 is 2.05 bits per heavy atom. The maximum Gasteiger partial charge on any atom is 0.357 e. The largest absolute Gasteiger partial charge is 0.461 e. The third kappa shape index (κ3) is 3.48. The SMILES string of the molecule is CCOC(=O)c1csc(Nc2ccc(N(C)C)cc2)n1. The molecular formula is C14H17N3O2S. The maximum absolute atomic E-state index is 11.5. The van der Waals surface area contributed by atoms with Crippen LogP contribution in [0.1, 0.15) is 17.4 Å². The molecule has 0 aliphatic rings. The van der Waals surface area contributed by atoms with E-state index >= 15 is 0 Å². The molecule has 0 atom stereocenters. The number of benzene rings is 1. The number of thiazole rings is 1. The lowest BCUT2D eigenvalue weighted by Crippen LogP contribution is -2.08. The Morgan fingerprint density at radius 3 is 2.65 bits per heavy atom. The number of nitrogens with zero attached hydrogens (tertiary/aromatic N) is 2. The van der Waals surface area contributed by atoms with Crippen molar-refractivity contribution in [1.29, 1.82) is 0 Å². The van der Waals surface area contributed by atoms with E-state index in [4.69, 9.17) is 4.74 Å². The second-order valence-electron chi connectivity index (χ2n) is 4.32. The van der Waals surface area contributed by atoms with E-state index in [1.54, 1.807) is 12.3 Å². The van der Waals surface area contributed by atoms with E-state index in [0.717, 1.165) is 11.4 Å². The monoisotopic (exact) mass is 291 g/mol. The average Bonchev–Trinajstić information content (AvgIpc) is 2.88. The molecule has 0 radical (unpaired) electrons. The predicted molar refractivity (Wildman–Crippen MR) is 82.1 cm³/mol. The Bertz CT molecular complexity index is 578.